The zero-order chi connectivity index (χ0) is 8.72. The van der Waals surface area contributed by atoms with Crippen LogP contribution in [0.2, 0.25) is 0 Å². The van der Waals surface area contributed by atoms with E-state index in [2.05, 4.69) is 5.10 Å². The minimum Gasteiger partial charge on any atom is -0.290 e. The summed E-state index contributed by atoms with van der Waals surface area (Å²) in [6, 6.07) is 1.88. The maximum atomic E-state index is 11.2. The van der Waals surface area contributed by atoms with Crippen molar-refractivity contribution in [2.75, 3.05) is 0 Å². The highest BCUT2D eigenvalue weighted by molar-refractivity contribution is 5.91. The van der Waals surface area contributed by atoms with Crippen molar-refractivity contribution < 1.29 is 9.31 Å². The number of nitrogens with one attached hydrogen (secondary N) is 1. The number of carbonyl (C=O) groups excluding carboxylic acids is 1. The lowest BCUT2D eigenvalue weighted by Gasteiger charge is -1.83. The molecule has 0 atom stereocenters. The molecule has 0 aromatic carbocycles. The highest BCUT2D eigenvalue weighted by Crippen LogP contribution is 1.99. The molecule has 0 aliphatic rings. The Hall–Kier alpha value is -1.58. The van der Waals surface area contributed by atoms with Crippen molar-refractivity contribution in [3.63, 3.8) is 0 Å². The van der Waals surface area contributed by atoms with Crippen LogP contribution in [-0.2, 0) is 0 Å². The Balaban J connectivity index is 2.84. The second kappa shape index (κ2) is 2.20. The molecule has 0 aliphatic heterocycles. The van der Waals surface area contributed by atoms with Crippen LogP contribution < -0.4 is 4.52 Å². The molecule has 2 heterocycles. The summed E-state index contributed by atoms with van der Waals surface area (Å²) in [6.45, 7) is 3.45. The van der Waals surface area contributed by atoms with Crippen LogP contribution >= 0.6 is 0 Å². The highest BCUT2D eigenvalue weighted by Gasteiger charge is 2.18. The SMILES string of the molecule is CC(=O)c1c(C)[nH]n2ccc[n+]12. The summed E-state index contributed by atoms with van der Waals surface area (Å²) in [5.74, 6) is 0.0717. The second-order valence-corrected chi connectivity index (χ2v) is 2.82. The van der Waals surface area contributed by atoms with Crippen molar-refractivity contribution in [2.24, 2.45) is 0 Å². The molecule has 0 unspecified atom stereocenters. The number of aryl methyl sites for hydroxylation is 1. The number of aromatic amines is 1. The smallest absolute Gasteiger partial charge is 0.239 e. The van der Waals surface area contributed by atoms with E-state index in [4.69, 9.17) is 0 Å². The number of nitrogens with zero attached hydrogens (tertiary/aromatic N) is 2. The third-order valence-corrected chi connectivity index (χ3v) is 1.89. The molecule has 2 aromatic heterocycles. The fourth-order valence-corrected chi connectivity index (χ4v) is 1.44. The average molecular weight is 164 g/mol. The van der Waals surface area contributed by atoms with E-state index in [0.717, 1.165) is 5.69 Å². The Morgan fingerprint density at radius 3 is 3.08 bits per heavy atom. The molecule has 2 rings (SSSR count). The number of hydrogen-bond donors (Lipinski definition) is 1. The number of rotatable bonds is 1. The number of fused-ring (bicyclic) bond motifs is 1. The van der Waals surface area contributed by atoms with Gasteiger partial charge in [0.2, 0.25) is 11.5 Å². The topological polar surface area (TPSA) is 41.4 Å². The van der Waals surface area contributed by atoms with Crippen molar-refractivity contribution in [3.8, 4) is 0 Å². The zero-order valence-corrected chi connectivity index (χ0v) is 7.03. The monoisotopic (exact) mass is 164 g/mol. The number of aromatic nitrogens is 3. The standard InChI is InChI=1S/C8H9N3O/c1-6-8(7(2)12)10-4-3-5-11(10)9-6/h3-5H,1-2H3/p+1. The first-order valence-corrected chi connectivity index (χ1v) is 3.78. The average Bonchev–Trinajstić information content (AvgIpc) is 2.44. The summed E-state index contributed by atoms with van der Waals surface area (Å²) in [5, 5.41) is 3.05. The van der Waals surface area contributed by atoms with Gasteiger partial charge < -0.3 is 0 Å². The van der Waals surface area contributed by atoms with Crippen LogP contribution in [0.15, 0.2) is 18.5 Å². The molecule has 0 bridgehead atoms. The van der Waals surface area contributed by atoms with Gasteiger partial charge in [0.05, 0.1) is 6.20 Å². The van der Waals surface area contributed by atoms with Gasteiger partial charge in [0, 0.05) is 19.9 Å². The Morgan fingerprint density at radius 1 is 1.67 bits per heavy atom. The zero-order valence-electron chi connectivity index (χ0n) is 7.03. The Bertz CT molecular complexity index is 438. The molecule has 0 spiro atoms. The van der Waals surface area contributed by atoms with Gasteiger partial charge in [-0.1, -0.05) is 4.63 Å². The summed E-state index contributed by atoms with van der Waals surface area (Å²) in [6.07, 6.45) is 3.71. The van der Waals surface area contributed by atoms with Gasteiger partial charge in [-0.25, -0.2) is 0 Å². The van der Waals surface area contributed by atoms with E-state index in [-0.39, 0.29) is 5.78 Å². The van der Waals surface area contributed by atoms with Gasteiger partial charge in [-0.15, -0.1) is 4.52 Å². The first-order chi connectivity index (χ1) is 5.70. The number of Topliss-reactive ketones (excluding diaryl/α,β-unsaturated/α-hetero) is 1. The molecule has 0 radical (unpaired) electrons. The third-order valence-electron chi connectivity index (χ3n) is 1.89. The largest absolute Gasteiger partial charge is 0.290 e. The Morgan fingerprint density at radius 2 is 2.42 bits per heavy atom. The molecule has 4 nitrogen and oxygen atoms in total. The van der Waals surface area contributed by atoms with Crippen molar-refractivity contribution >= 4 is 5.78 Å². The molecule has 2 aromatic rings. The van der Waals surface area contributed by atoms with Gasteiger partial charge in [-0.3, -0.25) is 4.79 Å². The van der Waals surface area contributed by atoms with Crippen LogP contribution in [0.1, 0.15) is 23.1 Å². The van der Waals surface area contributed by atoms with E-state index < -0.39 is 0 Å². The lowest BCUT2D eigenvalue weighted by Crippen LogP contribution is -2.30. The Labute approximate surface area is 69.4 Å². The van der Waals surface area contributed by atoms with E-state index in [0.29, 0.717) is 5.69 Å². The quantitative estimate of drug-likeness (QED) is 0.480. The number of H-pyrrole nitrogens is 1. The number of carbonyl (C=O) groups is 1. The lowest BCUT2D eigenvalue weighted by atomic mass is 10.2. The van der Waals surface area contributed by atoms with Crippen LogP contribution in [0.4, 0.5) is 0 Å². The number of ketones is 1. The fraction of sp³-hybridized carbons (Fsp3) is 0.250. The summed E-state index contributed by atoms with van der Waals surface area (Å²) >= 11 is 0. The van der Waals surface area contributed by atoms with E-state index in [9.17, 15) is 4.79 Å². The van der Waals surface area contributed by atoms with Crippen LogP contribution in [0, 0.1) is 6.92 Å². The summed E-state index contributed by atoms with van der Waals surface area (Å²) < 4.78 is 3.56. The van der Waals surface area contributed by atoms with Gasteiger partial charge in [0.25, 0.3) is 0 Å². The maximum Gasteiger partial charge on any atom is 0.239 e. The minimum atomic E-state index is 0.0717. The molecule has 0 amide bonds. The molecule has 62 valence electrons. The third kappa shape index (κ3) is 0.777. The van der Waals surface area contributed by atoms with Crippen molar-refractivity contribution in [2.45, 2.75) is 13.8 Å². The van der Waals surface area contributed by atoms with Gasteiger partial charge in [-0.2, -0.15) is 5.10 Å². The summed E-state index contributed by atoms with van der Waals surface area (Å²) in [7, 11) is 0. The molecule has 0 saturated heterocycles. The van der Waals surface area contributed by atoms with Crippen LogP contribution in [0.5, 0.6) is 0 Å². The van der Waals surface area contributed by atoms with Crippen LogP contribution in [0.3, 0.4) is 0 Å². The highest BCUT2D eigenvalue weighted by atomic mass is 16.1. The van der Waals surface area contributed by atoms with Crippen molar-refractivity contribution in [1.29, 1.82) is 0 Å². The maximum absolute atomic E-state index is 11.2. The van der Waals surface area contributed by atoms with Crippen LogP contribution in [0.25, 0.3) is 0 Å². The normalized spacial score (nSPS) is 10.8. The molecular weight excluding hydrogens is 154 g/mol. The van der Waals surface area contributed by atoms with E-state index in [1.54, 1.807) is 16.1 Å². The first kappa shape index (κ1) is 7.09. The van der Waals surface area contributed by atoms with Gasteiger partial charge in [-0.05, 0) is 0 Å². The van der Waals surface area contributed by atoms with Gasteiger partial charge >= 0.3 is 0 Å². The Kier molecular flexibility index (Phi) is 1.30. The number of hydrogen-bond acceptors (Lipinski definition) is 1. The van der Waals surface area contributed by atoms with Crippen molar-refractivity contribution in [3.05, 3.63) is 29.8 Å². The van der Waals surface area contributed by atoms with Crippen LogP contribution in [-0.4, -0.2) is 15.5 Å². The fourth-order valence-electron chi connectivity index (χ4n) is 1.44. The first-order valence-electron chi connectivity index (χ1n) is 3.78. The van der Waals surface area contributed by atoms with Gasteiger partial charge in [0.1, 0.15) is 6.20 Å². The molecule has 4 heteroatoms. The van der Waals surface area contributed by atoms with E-state index >= 15 is 0 Å². The minimum absolute atomic E-state index is 0.0717. The lowest BCUT2D eigenvalue weighted by molar-refractivity contribution is -0.619. The molecule has 12 heavy (non-hydrogen) atoms. The summed E-state index contributed by atoms with van der Waals surface area (Å²) in [5.41, 5.74) is 1.60. The molecular formula is C8H10N3O+. The van der Waals surface area contributed by atoms with E-state index in [1.165, 1.54) is 0 Å². The molecule has 0 fully saturated rings. The predicted molar refractivity (Wildman–Crippen MR) is 42.1 cm³/mol. The molecule has 1 N–H and O–H groups in total. The molecule has 0 saturated carbocycles. The van der Waals surface area contributed by atoms with Crippen molar-refractivity contribution in [1.82, 2.24) is 9.73 Å². The predicted octanol–water partition coefficient (Wildman–Crippen LogP) is 0.364. The molecule has 0 aliphatic carbocycles. The summed E-state index contributed by atoms with van der Waals surface area (Å²) in [4.78, 5) is 11.2. The van der Waals surface area contributed by atoms with E-state index in [1.807, 2.05) is 25.4 Å². The second-order valence-electron chi connectivity index (χ2n) is 2.82. The van der Waals surface area contributed by atoms with Gasteiger partial charge in [0.15, 0.2) is 5.69 Å².